The third kappa shape index (κ3) is 6.53. The minimum absolute atomic E-state index is 0.0376. The van der Waals surface area contributed by atoms with Crippen LogP contribution in [0.5, 0.6) is 11.5 Å². The number of aromatic nitrogens is 1. The number of carbonyl (C=O) groups is 2. The Morgan fingerprint density at radius 2 is 1.90 bits per heavy atom. The van der Waals surface area contributed by atoms with Crippen LogP contribution in [0.15, 0.2) is 83.8 Å². The molecule has 0 aliphatic carbocycles. The van der Waals surface area contributed by atoms with Gasteiger partial charge in [-0.25, -0.2) is 22.8 Å². The average molecular weight is 711 g/mol. The van der Waals surface area contributed by atoms with Gasteiger partial charge in [0.15, 0.2) is 5.13 Å². The first-order chi connectivity index (χ1) is 22.9. The molecule has 0 spiro atoms. The lowest BCUT2D eigenvalue weighted by atomic mass is 10.2. The van der Waals surface area contributed by atoms with Gasteiger partial charge in [0.2, 0.25) is 0 Å². The fraction of sp³-hybridized carbons (Fsp3) is 0.100. The van der Waals surface area contributed by atoms with Gasteiger partial charge >= 0.3 is 0 Å². The highest BCUT2D eigenvalue weighted by molar-refractivity contribution is 8.00. The summed E-state index contributed by atoms with van der Waals surface area (Å²) in [5, 5.41) is 24.0. The normalized spacial score (nSPS) is 14.6. The molecule has 48 heavy (non-hydrogen) atoms. The van der Waals surface area contributed by atoms with Gasteiger partial charge in [0.05, 0.1) is 44.1 Å². The lowest BCUT2D eigenvalue weighted by Crippen LogP contribution is -2.44. The number of thiazole rings is 1. The third-order valence-electron chi connectivity index (χ3n) is 7.05. The van der Waals surface area contributed by atoms with Crippen molar-refractivity contribution in [2.75, 3.05) is 22.9 Å². The second-order valence-electron chi connectivity index (χ2n) is 10.1. The first-order valence-electron chi connectivity index (χ1n) is 13.8. The van der Waals surface area contributed by atoms with E-state index in [1.807, 2.05) is 0 Å². The van der Waals surface area contributed by atoms with Crippen LogP contribution in [-0.4, -0.2) is 53.1 Å². The summed E-state index contributed by atoms with van der Waals surface area (Å²) < 4.78 is 49.8. The van der Waals surface area contributed by atoms with Gasteiger partial charge in [0.25, 0.3) is 27.5 Å². The number of sulfonamides is 1. The minimum atomic E-state index is -4.37. The number of nitro groups is 1. The van der Waals surface area contributed by atoms with Crippen molar-refractivity contribution in [3.8, 4) is 11.5 Å². The van der Waals surface area contributed by atoms with Crippen molar-refractivity contribution in [2.45, 2.75) is 10.3 Å². The van der Waals surface area contributed by atoms with Crippen LogP contribution < -0.4 is 20.2 Å². The number of non-ortho nitro benzene ring substituents is 1. The van der Waals surface area contributed by atoms with Crippen LogP contribution >= 0.6 is 23.1 Å². The van der Waals surface area contributed by atoms with Crippen LogP contribution in [0.2, 0.25) is 0 Å². The largest absolute Gasteiger partial charge is 0.508 e. The van der Waals surface area contributed by atoms with Gasteiger partial charge in [0, 0.05) is 17.8 Å². The molecule has 0 bridgehead atoms. The van der Waals surface area contributed by atoms with Gasteiger partial charge in [-0.15, -0.1) is 11.8 Å². The van der Waals surface area contributed by atoms with Crippen LogP contribution in [0.25, 0.3) is 10.2 Å². The number of methoxy groups -OCH3 is 1. The van der Waals surface area contributed by atoms with Crippen LogP contribution in [0.3, 0.4) is 0 Å². The number of hydrogen-bond donors (Lipinski definition) is 4. The second kappa shape index (κ2) is 13.0. The van der Waals surface area contributed by atoms with Crippen LogP contribution in [0, 0.1) is 15.9 Å². The van der Waals surface area contributed by atoms with Crippen molar-refractivity contribution in [3.63, 3.8) is 0 Å². The Morgan fingerprint density at radius 1 is 1.12 bits per heavy atom. The number of rotatable bonds is 10. The highest BCUT2D eigenvalue weighted by Crippen LogP contribution is 2.39. The minimum Gasteiger partial charge on any atom is -0.508 e. The van der Waals surface area contributed by atoms with Crippen molar-refractivity contribution in [2.24, 2.45) is 0 Å². The Bertz CT molecular complexity index is 2200. The van der Waals surface area contributed by atoms with Crippen LogP contribution in [0.4, 0.5) is 26.6 Å². The Morgan fingerprint density at radius 3 is 2.62 bits per heavy atom. The molecule has 6 rings (SSSR count). The number of fused-ring (bicyclic) bond motifs is 1. The summed E-state index contributed by atoms with van der Waals surface area (Å²) in [6.07, 6.45) is 0. The molecule has 4 aromatic carbocycles. The number of halogens is 1. The van der Waals surface area contributed by atoms with Gasteiger partial charge < -0.3 is 15.2 Å². The zero-order valence-corrected chi connectivity index (χ0v) is 27.0. The zero-order chi connectivity index (χ0) is 34.2. The maximum atomic E-state index is 14.9. The molecule has 5 aromatic rings. The van der Waals surface area contributed by atoms with Gasteiger partial charge in [-0.05, 0) is 54.1 Å². The SMILES string of the molecule is COc1ccc(S(=O)(=O)Nc2nc3ccc(F)c(Nc4cccc([N+](=O)[O-])c4)c3s2)cc1C(=O)NN1C(=O)CSC1c1ccc(O)cc1. The van der Waals surface area contributed by atoms with Gasteiger partial charge in [-0.3, -0.25) is 29.9 Å². The first kappa shape index (κ1) is 32.5. The molecule has 1 aliphatic rings. The molecular weight excluding hydrogens is 688 g/mol. The summed E-state index contributed by atoms with van der Waals surface area (Å²) >= 11 is 2.09. The molecule has 1 fully saturated rings. The number of carbonyl (C=O) groups excluding carboxylic acids is 2. The van der Waals surface area contributed by atoms with E-state index in [1.165, 1.54) is 73.5 Å². The van der Waals surface area contributed by atoms with E-state index in [2.05, 4.69) is 20.4 Å². The number of nitro benzene ring substituents is 1. The van der Waals surface area contributed by atoms with Gasteiger partial charge in [-0.1, -0.05) is 29.5 Å². The van der Waals surface area contributed by atoms with Crippen molar-refractivity contribution in [3.05, 3.63) is 106 Å². The molecule has 14 nitrogen and oxygen atoms in total. The van der Waals surface area contributed by atoms with E-state index in [0.29, 0.717) is 5.56 Å². The first-order valence-corrected chi connectivity index (χ1v) is 17.1. The van der Waals surface area contributed by atoms with E-state index in [9.17, 15) is 37.6 Å². The summed E-state index contributed by atoms with van der Waals surface area (Å²) in [4.78, 5) is 40.7. The molecule has 1 aromatic heterocycles. The molecule has 0 saturated carbocycles. The highest BCUT2D eigenvalue weighted by Gasteiger charge is 2.35. The number of phenols is 1. The number of ether oxygens (including phenoxy) is 1. The maximum absolute atomic E-state index is 14.9. The Balaban J connectivity index is 1.26. The monoisotopic (exact) mass is 710 g/mol. The number of anilines is 3. The van der Waals surface area contributed by atoms with E-state index < -0.39 is 32.0 Å². The van der Waals surface area contributed by atoms with E-state index in [0.717, 1.165) is 28.5 Å². The fourth-order valence-corrected chi connectivity index (χ4v) is 8.10. The third-order valence-corrected chi connectivity index (χ3v) is 10.7. The Labute approximate surface area is 279 Å². The van der Waals surface area contributed by atoms with E-state index in [-0.39, 0.29) is 66.0 Å². The van der Waals surface area contributed by atoms with Crippen molar-refractivity contribution in [1.82, 2.24) is 15.4 Å². The molecule has 4 N–H and O–H groups in total. The predicted molar refractivity (Wildman–Crippen MR) is 177 cm³/mol. The molecule has 0 radical (unpaired) electrons. The zero-order valence-electron chi connectivity index (χ0n) is 24.5. The summed E-state index contributed by atoms with van der Waals surface area (Å²) in [5.41, 5.74) is 3.24. The Hall–Kier alpha value is -5.46. The number of amides is 2. The number of thioether (sulfide) groups is 1. The summed E-state index contributed by atoms with van der Waals surface area (Å²) in [5.74, 6) is -1.73. The molecular formula is C30H23FN6O8S3. The second-order valence-corrected chi connectivity index (χ2v) is 13.9. The van der Waals surface area contributed by atoms with Crippen LogP contribution in [0.1, 0.15) is 21.3 Å². The smallest absolute Gasteiger partial charge is 0.273 e. The van der Waals surface area contributed by atoms with Crippen molar-refractivity contribution >= 4 is 77.3 Å². The van der Waals surface area contributed by atoms with Gasteiger partial charge in [-0.2, -0.15) is 0 Å². The lowest BCUT2D eigenvalue weighted by Gasteiger charge is -2.25. The summed E-state index contributed by atoms with van der Waals surface area (Å²) in [6.45, 7) is 0. The summed E-state index contributed by atoms with van der Waals surface area (Å²) in [7, 11) is -3.07. The number of hydrazine groups is 1. The number of hydrogen-bond acceptors (Lipinski definition) is 12. The quantitative estimate of drug-likeness (QED) is 0.105. The number of nitrogens with zero attached hydrogens (tertiary/aromatic N) is 3. The number of phenolic OH excluding ortho intramolecular Hbond substituents is 1. The van der Waals surface area contributed by atoms with Gasteiger partial charge in [0.1, 0.15) is 22.7 Å². The number of benzene rings is 4. The maximum Gasteiger partial charge on any atom is 0.273 e. The molecule has 246 valence electrons. The van der Waals surface area contributed by atoms with Crippen molar-refractivity contribution in [1.29, 1.82) is 0 Å². The molecule has 1 aliphatic heterocycles. The Kier molecular flexibility index (Phi) is 8.78. The standard InChI is InChI=1S/C30H23FN6O8S3/c1-45-24-12-9-20(14-21(24)28(40)34-36-25(39)15-46-29(36)16-5-7-19(38)8-6-16)48(43,44)35-30-33-23-11-10-22(31)26(27(23)47-30)32-17-3-2-4-18(13-17)37(41)42/h2-14,29,32,38H,15H2,1H3,(H,33,35)(H,34,40). The molecule has 18 heteroatoms. The molecule has 1 atom stereocenters. The number of nitrogens with one attached hydrogen (secondary N) is 3. The van der Waals surface area contributed by atoms with E-state index in [4.69, 9.17) is 4.74 Å². The fourth-order valence-electron chi connectivity index (χ4n) is 4.78. The molecule has 2 heterocycles. The molecule has 1 unspecified atom stereocenters. The van der Waals surface area contributed by atoms with Crippen molar-refractivity contribution < 1.29 is 37.2 Å². The molecule has 1 saturated heterocycles. The van der Waals surface area contributed by atoms with E-state index >= 15 is 0 Å². The van der Waals surface area contributed by atoms with E-state index in [1.54, 1.807) is 12.1 Å². The topological polar surface area (TPSA) is 193 Å². The average Bonchev–Trinajstić information content (AvgIpc) is 3.64. The predicted octanol–water partition coefficient (Wildman–Crippen LogP) is 5.52. The molecule has 2 amide bonds. The summed E-state index contributed by atoms with van der Waals surface area (Å²) in [6, 6.07) is 17.7. The number of aromatic hydroxyl groups is 1. The highest BCUT2D eigenvalue weighted by atomic mass is 32.2. The van der Waals surface area contributed by atoms with Crippen LogP contribution in [-0.2, 0) is 14.8 Å². The lowest BCUT2D eigenvalue weighted by molar-refractivity contribution is -0.384.